The number of hydrogen-bond donors (Lipinski definition) is 1. The van der Waals surface area contributed by atoms with E-state index in [4.69, 9.17) is 4.55 Å². The summed E-state index contributed by atoms with van der Waals surface area (Å²) in [5, 5.41) is 0.752. The number of rotatable bonds is 4. The zero-order chi connectivity index (χ0) is 19.1. The van der Waals surface area contributed by atoms with Gasteiger partial charge in [-0.15, -0.1) is 0 Å². The predicted octanol–water partition coefficient (Wildman–Crippen LogP) is 4.97. The molecule has 0 radical (unpaired) electrons. The molecule has 26 heavy (non-hydrogen) atoms. The zero-order valence-electron chi connectivity index (χ0n) is 14.4. The van der Waals surface area contributed by atoms with Crippen molar-refractivity contribution in [2.75, 3.05) is 0 Å². The maximum absolute atomic E-state index is 10.3. The number of allylic oxidation sites excluding steroid dienone is 2. The van der Waals surface area contributed by atoms with Crippen molar-refractivity contribution in [2.24, 2.45) is 0 Å². The van der Waals surface area contributed by atoms with E-state index in [1.54, 1.807) is 30.3 Å². The van der Waals surface area contributed by atoms with Crippen LogP contribution in [0, 0.1) is 0 Å². The normalized spacial score (nSPS) is 9.46. The van der Waals surface area contributed by atoms with E-state index in [0.717, 1.165) is 16.5 Å². The molecule has 0 spiro atoms. The summed E-state index contributed by atoms with van der Waals surface area (Å²) >= 11 is 0. The summed E-state index contributed by atoms with van der Waals surface area (Å²) < 4.78 is 28.9. The standard InChI is InChI=1S/C8H8O3S.C8H8.C5H8.Na.H/c9-12(10,11)7-6-8-4-2-1-3-5-8;1-2-8-6-4-3-5-7-8;1-4-5(2)3;;/h1-7H,(H,9,10,11);2-7H,1H2;4H,1-2H2,3H3;;. The Morgan fingerprint density at radius 3 is 1.58 bits per heavy atom. The van der Waals surface area contributed by atoms with Gasteiger partial charge in [-0.2, -0.15) is 8.42 Å². The van der Waals surface area contributed by atoms with Crippen molar-refractivity contribution in [1.29, 1.82) is 0 Å². The first-order valence-corrected chi connectivity index (χ1v) is 8.95. The average Bonchev–Trinajstić information content (AvgIpc) is 2.62. The molecule has 3 nitrogen and oxygen atoms in total. The second-order valence-corrected chi connectivity index (χ2v) is 6.20. The van der Waals surface area contributed by atoms with Crippen molar-refractivity contribution in [1.82, 2.24) is 0 Å². The van der Waals surface area contributed by atoms with Gasteiger partial charge in [0.05, 0.1) is 5.41 Å². The van der Waals surface area contributed by atoms with Gasteiger partial charge in [0.2, 0.25) is 0 Å². The Balaban J connectivity index is 0. The van der Waals surface area contributed by atoms with Gasteiger partial charge in [-0.1, -0.05) is 98.1 Å². The molecule has 0 aromatic heterocycles. The van der Waals surface area contributed by atoms with Gasteiger partial charge in [-0.3, -0.25) is 4.55 Å². The molecule has 134 valence electrons. The third-order valence-electron chi connectivity index (χ3n) is 2.62. The van der Waals surface area contributed by atoms with E-state index in [1.807, 2.05) is 49.4 Å². The topological polar surface area (TPSA) is 54.4 Å². The molecule has 0 aliphatic carbocycles. The number of hydrogen-bond acceptors (Lipinski definition) is 2. The summed E-state index contributed by atoms with van der Waals surface area (Å²) in [7, 11) is -4.00. The van der Waals surface area contributed by atoms with Crippen molar-refractivity contribution in [3.63, 3.8) is 0 Å². The molecule has 2 rings (SSSR count). The molecule has 2 aromatic carbocycles. The molecule has 0 fully saturated rings. The fraction of sp³-hybridized carbons (Fsp3) is 0.0476. The molecule has 0 saturated carbocycles. The minimum absolute atomic E-state index is 0. The van der Waals surface area contributed by atoms with E-state index < -0.39 is 10.1 Å². The molecule has 0 bridgehead atoms. The van der Waals surface area contributed by atoms with E-state index in [2.05, 4.69) is 19.7 Å². The monoisotopic (exact) mass is 380 g/mol. The van der Waals surface area contributed by atoms with Gasteiger partial charge < -0.3 is 0 Å². The van der Waals surface area contributed by atoms with Gasteiger partial charge in [0.1, 0.15) is 0 Å². The molecule has 0 saturated heterocycles. The Morgan fingerprint density at radius 1 is 0.923 bits per heavy atom. The summed E-state index contributed by atoms with van der Waals surface area (Å²) in [6.07, 6.45) is 4.88. The van der Waals surface area contributed by atoms with Gasteiger partial charge >= 0.3 is 29.6 Å². The minimum atomic E-state index is -4.00. The van der Waals surface area contributed by atoms with E-state index in [0.29, 0.717) is 0 Å². The second-order valence-electron chi connectivity index (χ2n) is 4.89. The van der Waals surface area contributed by atoms with E-state index in [-0.39, 0.29) is 29.6 Å². The first kappa shape index (κ1) is 26.5. The van der Waals surface area contributed by atoms with Crippen LogP contribution in [0.15, 0.2) is 97.5 Å². The second kappa shape index (κ2) is 15.6. The van der Waals surface area contributed by atoms with E-state index >= 15 is 0 Å². The van der Waals surface area contributed by atoms with Crippen LogP contribution in [0.1, 0.15) is 18.1 Å². The zero-order valence-corrected chi connectivity index (χ0v) is 15.2. The first-order chi connectivity index (χ1) is 11.8. The van der Waals surface area contributed by atoms with Crippen LogP contribution in [0.3, 0.4) is 0 Å². The van der Waals surface area contributed by atoms with Crippen LogP contribution in [0.25, 0.3) is 12.2 Å². The third-order valence-corrected chi connectivity index (χ3v) is 3.10. The van der Waals surface area contributed by atoms with Gasteiger partial charge in [-0.25, -0.2) is 0 Å². The molecule has 0 aliphatic heterocycles. The molecule has 0 heterocycles. The van der Waals surface area contributed by atoms with Crippen LogP contribution in [-0.2, 0) is 10.1 Å². The summed E-state index contributed by atoms with van der Waals surface area (Å²) in [5.74, 6) is 0. The Bertz CT molecular complexity index is 781. The third kappa shape index (κ3) is 17.1. The number of benzene rings is 2. The molecule has 0 atom stereocenters. The SMILES string of the molecule is C=CC(=C)C.C=Cc1ccccc1.O=S(=O)(O)C=Cc1ccccc1.[NaH]. The predicted molar refractivity (Wildman–Crippen MR) is 116 cm³/mol. The Morgan fingerprint density at radius 2 is 1.31 bits per heavy atom. The first-order valence-electron chi connectivity index (χ1n) is 7.44. The van der Waals surface area contributed by atoms with Crippen molar-refractivity contribution in [2.45, 2.75) is 6.92 Å². The average molecular weight is 380 g/mol. The van der Waals surface area contributed by atoms with Crippen molar-refractivity contribution >= 4 is 51.8 Å². The maximum atomic E-state index is 10.3. The van der Waals surface area contributed by atoms with Crippen LogP contribution < -0.4 is 0 Å². The molecule has 0 amide bonds. The summed E-state index contributed by atoms with van der Waals surface area (Å²) in [6.45, 7) is 12.6. The molecule has 1 N–H and O–H groups in total. The molecular formula is C21H25NaO3S. The quantitative estimate of drug-likeness (QED) is 0.463. The van der Waals surface area contributed by atoms with Crippen LogP contribution in [0.4, 0.5) is 0 Å². The van der Waals surface area contributed by atoms with Gasteiger partial charge in [0.15, 0.2) is 0 Å². The molecule has 5 heteroatoms. The van der Waals surface area contributed by atoms with Gasteiger partial charge in [0.25, 0.3) is 10.1 Å². The molecule has 0 unspecified atom stereocenters. The van der Waals surface area contributed by atoms with Crippen LogP contribution >= 0.6 is 0 Å². The fourth-order valence-corrected chi connectivity index (χ4v) is 1.65. The molecular weight excluding hydrogens is 355 g/mol. The Labute approximate surface area is 179 Å². The molecule has 0 aliphatic rings. The van der Waals surface area contributed by atoms with E-state index in [9.17, 15) is 8.42 Å². The summed E-state index contributed by atoms with van der Waals surface area (Å²) in [4.78, 5) is 0. The van der Waals surface area contributed by atoms with Crippen LogP contribution in [-0.4, -0.2) is 42.5 Å². The molecule has 2 aromatic rings. The van der Waals surface area contributed by atoms with E-state index in [1.165, 1.54) is 11.6 Å². The van der Waals surface area contributed by atoms with Gasteiger partial charge in [-0.05, 0) is 24.1 Å². The summed E-state index contributed by atoms with van der Waals surface area (Å²) in [5.41, 5.74) is 2.92. The van der Waals surface area contributed by atoms with Crippen molar-refractivity contribution in [3.05, 3.63) is 109 Å². The fourth-order valence-electron chi connectivity index (χ4n) is 1.32. The van der Waals surface area contributed by atoms with Crippen molar-refractivity contribution in [3.8, 4) is 0 Å². The van der Waals surface area contributed by atoms with Crippen molar-refractivity contribution < 1.29 is 13.0 Å². The van der Waals surface area contributed by atoms with Crippen LogP contribution in [0.2, 0.25) is 0 Å². The summed E-state index contributed by atoms with van der Waals surface area (Å²) in [6, 6.07) is 18.9. The Kier molecular flexibility index (Phi) is 15.9. The Hall–Kier alpha value is -1.69. The van der Waals surface area contributed by atoms with Gasteiger partial charge in [0, 0.05) is 0 Å². The van der Waals surface area contributed by atoms with Crippen LogP contribution in [0.5, 0.6) is 0 Å².